The van der Waals surface area contributed by atoms with Gasteiger partial charge in [-0.15, -0.1) is 0 Å². The van der Waals surface area contributed by atoms with Crippen molar-refractivity contribution in [3.05, 3.63) is 78.0 Å². The minimum atomic E-state index is -0.316. The number of rotatable bonds is 6. The van der Waals surface area contributed by atoms with E-state index in [1.165, 1.54) is 37.0 Å². The summed E-state index contributed by atoms with van der Waals surface area (Å²) in [4.78, 5) is 23.0. The van der Waals surface area contributed by atoms with Crippen molar-refractivity contribution < 1.29 is 9.18 Å². The maximum Gasteiger partial charge on any atom is 0.270 e. The van der Waals surface area contributed by atoms with E-state index in [0.29, 0.717) is 12.4 Å². The van der Waals surface area contributed by atoms with Gasteiger partial charge >= 0.3 is 0 Å². The molecule has 4 rings (SSSR count). The maximum absolute atomic E-state index is 13.0. The molecule has 2 N–H and O–H groups in total. The molecule has 1 aromatic heterocycles. The van der Waals surface area contributed by atoms with Crippen LogP contribution in [0.25, 0.3) is 0 Å². The van der Waals surface area contributed by atoms with Crippen LogP contribution < -0.4 is 15.5 Å². The summed E-state index contributed by atoms with van der Waals surface area (Å²) < 4.78 is 13.0. The highest BCUT2D eigenvalue weighted by Gasteiger charge is 2.12. The summed E-state index contributed by atoms with van der Waals surface area (Å²) in [5.41, 5.74) is 3.18. The molecule has 0 aliphatic carbocycles. The second-order valence-electron chi connectivity index (χ2n) is 6.96. The average Bonchev–Trinajstić information content (AvgIpc) is 3.29. The van der Waals surface area contributed by atoms with E-state index in [2.05, 4.69) is 37.6 Å². The van der Waals surface area contributed by atoms with Crippen molar-refractivity contribution in [1.29, 1.82) is 0 Å². The van der Waals surface area contributed by atoms with Gasteiger partial charge < -0.3 is 15.5 Å². The summed E-state index contributed by atoms with van der Waals surface area (Å²) in [7, 11) is 0. The van der Waals surface area contributed by atoms with Crippen LogP contribution in [0.2, 0.25) is 0 Å². The van der Waals surface area contributed by atoms with Gasteiger partial charge in [0.25, 0.3) is 5.91 Å². The Bertz CT molecular complexity index is 969. The molecular weight excluding hydrogens is 369 g/mol. The van der Waals surface area contributed by atoms with Gasteiger partial charge in [-0.2, -0.15) is 0 Å². The Morgan fingerprint density at radius 1 is 1.00 bits per heavy atom. The molecule has 1 fully saturated rings. The lowest BCUT2D eigenvalue weighted by molar-refractivity contribution is 0.0946. The van der Waals surface area contributed by atoms with Crippen LogP contribution in [0.4, 0.5) is 21.6 Å². The zero-order chi connectivity index (χ0) is 20.1. The highest BCUT2D eigenvalue weighted by molar-refractivity contribution is 5.92. The highest BCUT2D eigenvalue weighted by Crippen LogP contribution is 2.23. The van der Waals surface area contributed by atoms with Gasteiger partial charge in [0.05, 0.1) is 0 Å². The van der Waals surface area contributed by atoms with E-state index in [-0.39, 0.29) is 17.4 Å². The molecule has 6 nitrogen and oxygen atoms in total. The molecule has 2 aromatic carbocycles. The molecule has 0 atom stereocenters. The summed E-state index contributed by atoms with van der Waals surface area (Å²) in [5, 5.41) is 5.99. The van der Waals surface area contributed by atoms with E-state index in [1.807, 2.05) is 12.1 Å². The number of carbonyl (C=O) groups is 1. The average molecular weight is 391 g/mol. The van der Waals surface area contributed by atoms with Crippen molar-refractivity contribution in [2.24, 2.45) is 0 Å². The van der Waals surface area contributed by atoms with Gasteiger partial charge in [-0.1, -0.05) is 12.1 Å². The lowest BCUT2D eigenvalue weighted by Crippen LogP contribution is -2.24. The topological polar surface area (TPSA) is 70.2 Å². The smallest absolute Gasteiger partial charge is 0.270 e. The molecule has 148 valence electrons. The normalized spacial score (nSPS) is 13.3. The molecule has 1 saturated heterocycles. The number of nitrogens with zero attached hydrogens (tertiary/aromatic N) is 3. The summed E-state index contributed by atoms with van der Waals surface area (Å²) >= 11 is 0. The van der Waals surface area contributed by atoms with Gasteiger partial charge in [-0.25, -0.2) is 14.4 Å². The molecule has 0 radical (unpaired) electrons. The van der Waals surface area contributed by atoms with E-state index in [9.17, 15) is 9.18 Å². The minimum Gasteiger partial charge on any atom is -0.372 e. The number of carbonyl (C=O) groups excluding carboxylic acids is 1. The van der Waals surface area contributed by atoms with Crippen LogP contribution in [0.15, 0.2) is 60.9 Å². The molecule has 0 unspecified atom stereocenters. The van der Waals surface area contributed by atoms with Crippen molar-refractivity contribution in [2.75, 3.05) is 23.3 Å². The summed E-state index contributed by atoms with van der Waals surface area (Å²) in [6.45, 7) is 2.51. The lowest BCUT2D eigenvalue weighted by atomic mass is 10.2. The van der Waals surface area contributed by atoms with Crippen LogP contribution in [0.5, 0.6) is 0 Å². The first-order chi connectivity index (χ1) is 14.2. The quantitative estimate of drug-likeness (QED) is 0.667. The Hall–Kier alpha value is -3.48. The lowest BCUT2D eigenvalue weighted by Gasteiger charge is -2.17. The zero-order valence-electron chi connectivity index (χ0n) is 15.9. The van der Waals surface area contributed by atoms with E-state index in [1.54, 1.807) is 18.2 Å². The molecular formula is C22H22FN5O. The molecule has 29 heavy (non-hydrogen) atoms. The van der Waals surface area contributed by atoms with Crippen LogP contribution in [0, 0.1) is 5.82 Å². The molecule has 2 heterocycles. The maximum atomic E-state index is 13.0. The van der Waals surface area contributed by atoms with Crippen LogP contribution >= 0.6 is 0 Å². The van der Waals surface area contributed by atoms with Gasteiger partial charge in [-0.3, -0.25) is 4.79 Å². The van der Waals surface area contributed by atoms with E-state index >= 15 is 0 Å². The third kappa shape index (κ3) is 4.87. The van der Waals surface area contributed by atoms with Crippen LogP contribution in [0.3, 0.4) is 0 Å². The molecule has 7 heteroatoms. The molecule has 1 aliphatic rings. The fourth-order valence-electron chi connectivity index (χ4n) is 3.30. The Morgan fingerprint density at radius 3 is 2.45 bits per heavy atom. The second kappa shape index (κ2) is 8.68. The van der Waals surface area contributed by atoms with Crippen molar-refractivity contribution >= 4 is 23.1 Å². The number of amides is 1. The minimum absolute atomic E-state index is 0.262. The third-order valence-corrected chi connectivity index (χ3v) is 4.88. The molecule has 0 saturated carbocycles. The fourth-order valence-corrected chi connectivity index (χ4v) is 3.30. The molecule has 0 bridgehead atoms. The Balaban J connectivity index is 1.37. The number of aromatic nitrogens is 2. The first kappa shape index (κ1) is 18.9. The number of anilines is 3. The number of hydrogen-bond donors (Lipinski definition) is 2. The van der Waals surface area contributed by atoms with Crippen molar-refractivity contribution in [3.8, 4) is 0 Å². The monoisotopic (exact) mass is 391 g/mol. The molecule has 3 aromatic rings. The van der Waals surface area contributed by atoms with E-state index in [4.69, 9.17) is 0 Å². The molecule has 0 spiro atoms. The predicted molar refractivity (Wildman–Crippen MR) is 111 cm³/mol. The van der Waals surface area contributed by atoms with Gasteiger partial charge in [0.1, 0.15) is 23.7 Å². The van der Waals surface area contributed by atoms with Gasteiger partial charge in [0.15, 0.2) is 0 Å². The number of hydrogen-bond acceptors (Lipinski definition) is 5. The van der Waals surface area contributed by atoms with E-state index in [0.717, 1.165) is 24.3 Å². The molecule has 1 amide bonds. The first-order valence-corrected chi connectivity index (χ1v) is 9.64. The number of nitrogens with one attached hydrogen (secondary N) is 2. The van der Waals surface area contributed by atoms with Crippen LogP contribution in [-0.2, 0) is 6.54 Å². The summed E-state index contributed by atoms with van der Waals surface area (Å²) in [5.74, 6) is -0.0786. The predicted octanol–water partition coefficient (Wildman–Crippen LogP) is 3.89. The van der Waals surface area contributed by atoms with Gasteiger partial charge in [0.2, 0.25) is 0 Å². The largest absolute Gasteiger partial charge is 0.372 e. The Kier molecular flexibility index (Phi) is 5.65. The van der Waals surface area contributed by atoms with Crippen molar-refractivity contribution in [2.45, 2.75) is 19.4 Å². The SMILES string of the molecule is O=C(NCc1ccc(F)cc1)c1cc(Nc2ccc(N3CCCC3)cc2)ncn1. The highest BCUT2D eigenvalue weighted by atomic mass is 19.1. The summed E-state index contributed by atoms with van der Waals surface area (Å²) in [6, 6.07) is 15.8. The van der Waals surface area contributed by atoms with Crippen molar-refractivity contribution in [1.82, 2.24) is 15.3 Å². The number of benzene rings is 2. The zero-order valence-corrected chi connectivity index (χ0v) is 15.9. The molecule has 1 aliphatic heterocycles. The fraction of sp³-hybridized carbons (Fsp3) is 0.227. The van der Waals surface area contributed by atoms with Crippen molar-refractivity contribution in [3.63, 3.8) is 0 Å². The standard InChI is InChI=1S/C22H22FN5O/c23-17-5-3-16(4-6-17)14-24-22(29)20-13-21(26-15-25-20)27-18-7-9-19(10-8-18)28-11-1-2-12-28/h3-10,13,15H,1-2,11-12,14H2,(H,24,29)(H,25,26,27). The third-order valence-electron chi connectivity index (χ3n) is 4.88. The van der Waals surface area contributed by atoms with Crippen LogP contribution in [-0.4, -0.2) is 29.0 Å². The summed E-state index contributed by atoms with van der Waals surface area (Å²) in [6.07, 6.45) is 3.84. The van der Waals surface area contributed by atoms with E-state index < -0.39 is 0 Å². The number of halogens is 1. The first-order valence-electron chi connectivity index (χ1n) is 9.64. The van der Waals surface area contributed by atoms with Gasteiger partial charge in [0, 0.05) is 37.1 Å². The Morgan fingerprint density at radius 2 is 1.72 bits per heavy atom. The second-order valence-corrected chi connectivity index (χ2v) is 6.96. The Labute approximate surface area is 168 Å². The van der Waals surface area contributed by atoms with Gasteiger partial charge in [-0.05, 0) is 54.8 Å². The van der Waals surface area contributed by atoms with Crippen LogP contribution in [0.1, 0.15) is 28.9 Å².